The highest BCUT2D eigenvalue weighted by Gasteiger charge is 2.40. The zero-order valence-electron chi connectivity index (χ0n) is 17.5. The number of ketones is 3. The van der Waals surface area contributed by atoms with Gasteiger partial charge in [0.15, 0.2) is 17.3 Å². The normalized spacial score (nSPS) is 20.5. The smallest absolute Gasteiger partial charge is 0.179 e. The van der Waals surface area contributed by atoms with Gasteiger partial charge in [-0.05, 0) is 44.9 Å². The van der Waals surface area contributed by atoms with Gasteiger partial charge in [-0.2, -0.15) is 0 Å². The lowest BCUT2D eigenvalue weighted by Crippen LogP contribution is -2.43. The van der Waals surface area contributed by atoms with Gasteiger partial charge in [0.05, 0.1) is 0 Å². The summed E-state index contributed by atoms with van der Waals surface area (Å²) >= 11 is 0. The minimum atomic E-state index is -1.20. The highest BCUT2D eigenvalue weighted by Crippen LogP contribution is 2.21. The van der Waals surface area contributed by atoms with Crippen molar-refractivity contribution in [2.24, 2.45) is 5.92 Å². The molecule has 4 nitrogen and oxygen atoms in total. The molecule has 0 aromatic heterocycles. The molecular formula is C24H38O4. The van der Waals surface area contributed by atoms with Crippen molar-refractivity contribution in [3.05, 3.63) is 24.3 Å². The maximum atomic E-state index is 12.1. The number of hydrogen-bond donors (Lipinski definition) is 1. The molecule has 0 aromatic rings. The molecule has 0 bridgehead atoms. The summed E-state index contributed by atoms with van der Waals surface area (Å²) in [7, 11) is 0. The van der Waals surface area contributed by atoms with E-state index in [1.165, 1.54) is 25.7 Å². The van der Waals surface area contributed by atoms with Gasteiger partial charge in [0, 0.05) is 12.8 Å². The summed E-state index contributed by atoms with van der Waals surface area (Å²) in [6.07, 6.45) is 20.6. The van der Waals surface area contributed by atoms with E-state index in [0.717, 1.165) is 38.5 Å². The van der Waals surface area contributed by atoms with E-state index in [2.05, 4.69) is 31.2 Å². The second kappa shape index (κ2) is 15.4. The van der Waals surface area contributed by atoms with Crippen LogP contribution in [0.4, 0.5) is 0 Å². The molecule has 0 saturated heterocycles. The van der Waals surface area contributed by atoms with Crippen molar-refractivity contribution in [1.29, 1.82) is 0 Å². The van der Waals surface area contributed by atoms with Crippen LogP contribution >= 0.6 is 0 Å². The Labute approximate surface area is 170 Å². The lowest BCUT2D eigenvalue weighted by Gasteiger charge is -2.22. The van der Waals surface area contributed by atoms with E-state index in [-0.39, 0.29) is 30.8 Å². The van der Waals surface area contributed by atoms with Gasteiger partial charge in [-0.1, -0.05) is 63.3 Å². The quantitative estimate of drug-likeness (QED) is 0.235. The van der Waals surface area contributed by atoms with Crippen molar-refractivity contribution < 1.29 is 19.5 Å². The van der Waals surface area contributed by atoms with Crippen LogP contribution in [0.1, 0.15) is 96.8 Å². The molecule has 0 radical (unpaired) electrons. The molecular weight excluding hydrogens is 352 g/mol. The molecule has 0 aromatic carbocycles. The summed E-state index contributed by atoms with van der Waals surface area (Å²) in [6, 6.07) is 0. The number of aliphatic hydroxyl groups is 1. The number of carbonyl (C=O) groups excluding carboxylic acids is 3. The van der Waals surface area contributed by atoms with Crippen molar-refractivity contribution in [2.75, 3.05) is 0 Å². The van der Waals surface area contributed by atoms with E-state index in [0.29, 0.717) is 6.42 Å². The Morgan fingerprint density at radius 1 is 0.929 bits per heavy atom. The fourth-order valence-corrected chi connectivity index (χ4v) is 3.51. The molecule has 0 heterocycles. The van der Waals surface area contributed by atoms with Crippen LogP contribution in [0.15, 0.2) is 24.3 Å². The molecule has 2 unspecified atom stereocenters. The molecule has 1 aliphatic carbocycles. The first-order chi connectivity index (χ1) is 13.6. The Kier molecular flexibility index (Phi) is 13.5. The standard InChI is InChI=1S/C24H38O4/c1-2-3-4-5-6-7-8-9-10-11-12-13-14-15-16-17-20(25)23-21(26)18-19-22(27)24(23)28/h6-7,9-10,22-23,27H,2-5,8,11-19H2,1H3/b7-6-,10-9-. The molecule has 28 heavy (non-hydrogen) atoms. The SMILES string of the molecule is CCCCC/C=C\C/C=C\CCCCCCCC(=O)C1C(=O)CCC(O)C1=O. The van der Waals surface area contributed by atoms with Gasteiger partial charge < -0.3 is 5.11 Å². The summed E-state index contributed by atoms with van der Waals surface area (Å²) in [4.78, 5) is 35.8. The fraction of sp³-hybridized carbons (Fsp3) is 0.708. The van der Waals surface area contributed by atoms with Gasteiger partial charge in [0.1, 0.15) is 12.0 Å². The average molecular weight is 391 g/mol. The summed E-state index contributed by atoms with van der Waals surface area (Å²) < 4.78 is 0. The summed E-state index contributed by atoms with van der Waals surface area (Å²) in [5.41, 5.74) is 0. The zero-order chi connectivity index (χ0) is 20.6. The predicted molar refractivity (Wildman–Crippen MR) is 113 cm³/mol. The van der Waals surface area contributed by atoms with Gasteiger partial charge >= 0.3 is 0 Å². The van der Waals surface area contributed by atoms with Crippen molar-refractivity contribution in [3.63, 3.8) is 0 Å². The van der Waals surface area contributed by atoms with Crippen molar-refractivity contribution in [2.45, 2.75) is 103 Å². The number of aliphatic hydroxyl groups excluding tert-OH is 1. The van der Waals surface area contributed by atoms with Gasteiger partial charge in [-0.3, -0.25) is 14.4 Å². The van der Waals surface area contributed by atoms with Crippen LogP contribution in [0.25, 0.3) is 0 Å². The summed E-state index contributed by atoms with van der Waals surface area (Å²) in [5.74, 6) is -2.42. The fourth-order valence-electron chi connectivity index (χ4n) is 3.51. The van der Waals surface area contributed by atoms with Gasteiger partial charge in [-0.25, -0.2) is 0 Å². The van der Waals surface area contributed by atoms with Crippen molar-refractivity contribution >= 4 is 17.3 Å². The lowest BCUT2D eigenvalue weighted by atomic mass is 9.81. The molecule has 158 valence electrons. The molecule has 1 aliphatic rings. The third kappa shape index (κ3) is 10.1. The van der Waals surface area contributed by atoms with E-state index in [4.69, 9.17) is 0 Å². The predicted octanol–water partition coefficient (Wildman–Crippen LogP) is 5.28. The first-order valence-corrected chi connectivity index (χ1v) is 11.1. The maximum absolute atomic E-state index is 12.1. The summed E-state index contributed by atoms with van der Waals surface area (Å²) in [5, 5.41) is 9.56. The van der Waals surface area contributed by atoms with Gasteiger partial charge in [0.25, 0.3) is 0 Å². The van der Waals surface area contributed by atoms with Crippen LogP contribution in [0, 0.1) is 5.92 Å². The van der Waals surface area contributed by atoms with Crippen LogP contribution in [0.2, 0.25) is 0 Å². The summed E-state index contributed by atoms with van der Waals surface area (Å²) in [6.45, 7) is 2.22. The molecule has 1 saturated carbocycles. The number of unbranched alkanes of at least 4 members (excludes halogenated alkanes) is 8. The highest BCUT2D eigenvalue weighted by molar-refractivity contribution is 6.21. The Balaban J connectivity index is 2.00. The molecule has 1 rings (SSSR count). The highest BCUT2D eigenvalue weighted by atomic mass is 16.3. The van der Waals surface area contributed by atoms with E-state index in [1.54, 1.807) is 0 Å². The van der Waals surface area contributed by atoms with Crippen molar-refractivity contribution in [3.8, 4) is 0 Å². The third-order valence-corrected chi connectivity index (χ3v) is 5.29. The number of allylic oxidation sites excluding steroid dienone is 4. The second-order valence-corrected chi connectivity index (χ2v) is 7.80. The largest absolute Gasteiger partial charge is 0.385 e. The van der Waals surface area contributed by atoms with Gasteiger partial charge in [0.2, 0.25) is 0 Å². The maximum Gasteiger partial charge on any atom is 0.179 e. The number of rotatable bonds is 15. The minimum absolute atomic E-state index is 0.130. The van der Waals surface area contributed by atoms with Crippen LogP contribution in [0.3, 0.4) is 0 Å². The minimum Gasteiger partial charge on any atom is -0.385 e. The Hall–Kier alpha value is -1.55. The second-order valence-electron chi connectivity index (χ2n) is 7.80. The van der Waals surface area contributed by atoms with Crippen LogP contribution in [0.5, 0.6) is 0 Å². The Morgan fingerprint density at radius 3 is 2.21 bits per heavy atom. The van der Waals surface area contributed by atoms with E-state index < -0.39 is 17.8 Å². The monoisotopic (exact) mass is 390 g/mol. The topological polar surface area (TPSA) is 71.4 Å². The number of Topliss-reactive ketones (excluding diaryl/α,β-unsaturated/α-hetero) is 3. The molecule has 2 atom stereocenters. The first-order valence-electron chi connectivity index (χ1n) is 11.1. The van der Waals surface area contributed by atoms with E-state index >= 15 is 0 Å². The van der Waals surface area contributed by atoms with Gasteiger partial charge in [-0.15, -0.1) is 0 Å². The van der Waals surface area contributed by atoms with Crippen LogP contribution in [-0.4, -0.2) is 28.6 Å². The van der Waals surface area contributed by atoms with Crippen LogP contribution < -0.4 is 0 Å². The lowest BCUT2D eigenvalue weighted by molar-refractivity contribution is -0.147. The zero-order valence-corrected chi connectivity index (χ0v) is 17.5. The molecule has 1 N–H and O–H groups in total. The Bertz CT molecular complexity index is 533. The number of hydrogen-bond acceptors (Lipinski definition) is 4. The first kappa shape index (κ1) is 24.5. The van der Waals surface area contributed by atoms with Crippen LogP contribution in [-0.2, 0) is 14.4 Å². The Morgan fingerprint density at radius 2 is 1.54 bits per heavy atom. The number of carbonyl (C=O) groups is 3. The molecule has 0 amide bonds. The molecule has 0 spiro atoms. The molecule has 4 heteroatoms. The van der Waals surface area contributed by atoms with E-state index in [1.807, 2.05) is 0 Å². The average Bonchev–Trinajstić information content (AvgIpc) is 2.68. The molecule has 0 aliphatic heterocycles. The molecule has 1 fully saturated rings. The van der Waals surface area contributed by atoms with E-state index in [9.17, 15) is 19.5 Å². The third-order valence-electron chi connectivity index (χ3n) is 5.29. The van der Waals surface area contributed by atoms with Crippen molar-refractivity contribution in [1.82, 2.24) is 0 Å².